The molecule has 0 aromatic carbocycles. The summed E-state index contributed by atoms with van der Waals surface area (Å²) >= 11 is 1.31. The SMILES string of the molecule is CC(O)CC(=O)Nc1sc2c(c1C(N)=O)CC(C)(C)OC2(C)C. The number of amides is 2. The molecule has 2 heterocycles. The van der Waals surface area contributed by atoms with E-state index >= 15 is 0 Å². The molecule has 0 radical (unpaired) electrons. The zero-order valence-corrected chi connectivity index (χ0v) is 15.0. The van der Waals surface area contributed by atoms with E-state index in [1.165, 1.54) is 18.3 Å². The van der Waals surface area contributed by atoms with Crippen molar-refractivity contribution < 1.29 is 19.4 Å². The Hall–Kier alpha value is -1.44. The molecule has 1 atom stereocenters. The van der Waals surface area contributed by atoms with Crippen LogP contribution in [0.25, 0.3) is 0 Å². The van der Waals surface area contributed by atoms with E-state index < -0.39 is 23.2 Å². The summed E-state index contributed by atoms with van der Waals surface area (Å²) in [6, 6.07) is 0. The summed E-state index contributed by atoms with van der Waals surface area (Å²) in [5, 5.41) is 12.5. The van der Waals surface area contributed by atoms with E-state index in [2.05, 4.69) is 5.32 Å². The fourth-order valence-corrected chi connectivity index (χ4v) is 4.39. The molecule has 7 heteroatoms. The van der Waals surface area contributed by atoms with Crippen molar-refractivity contribution in [3.05, 3.63) is 16.0 Å². The summed E-state index contributed by atoms with van der Waals surface area (Å²) in [5.74, 6) is -0.914. The molecule has 0 spiro atoms. The summed E-state index contributed by atoms with van der Waals surface area (Å²) in [6.07, 6.45) is -0.237. The highest BCUT2D eigenvalue weighted by Gasteiger charge is 2.42. The van der Waals surface area contributed by atoms with Crippen LogP contribution in [-0.4, -0.2) is 28.6 Å². The minimum Gasteiger partial charge on any atom is -0.393 e. The fourth-order valence-electron chi connectivity index (χ4n) is 3.11. The molecule has 1 aromatic rings. The van der Waals surface area contributed by atoms with E-state index in [0.29, 0.717) is 17.0 Å². The molecule has 1 unspecified atom stereocenters. The molecule has 2 rings (SSSR count). The Bertz CT molecular complexity index is 647. The largest absolute Gasteiger partial charge is 0.393 e. The molecule has 2 amide bonds. The van der Waals surface area contributed by atoms with Crippen molar-refractivity contribution in [2.24, 2.45) is 5.73 Å². The number of nitrogens with two attached hydrogens (primary N) is 1. The van der Waals surface area contributed by atoms with Crippen LogP contribution < -0.4 is 11.1 Å². The first-order chi connectivity index (χ1) is 10.4. The maximum Gasteiger partial charge on any atom is 0.251 e. The molecule has 0 saturated carbocycles. The van der Waals surface area contributed by atoms with Crippen molar-refractivity contribution in [3.8, 4) is 0 Å². The number of hydrogen-bond donors (Lipinski definition) is 3. The van der Waals surface area contributed by atoms with Crippen LogP contribution in [0.5, 0.6) is 0 Å². The van der Waals surface area contributed by atoms with Crippen molar-refractivity contribution in [3.63, 3.8) is 0 Å². The van der Waals surface area contributed by atoms with Gasteiger partial charge in [0.15, 0.2) is 0 Å². The first-order valence-electron chi connectivity index (χ1n) is 7.57. The highest BCUT2D eigenvalue weighted by atomic mass is 32.1. The van der Waals surface area contributed by atoms with Gasteiger partial charge in [0, 0.05) is 11.3 Å². The monoisotopic (exact) mass is 340 g/mol. The van der Waals surface area contributed by atoms with Crippen molar-refractivity contribution in [2.45, 2.75) is 64.8 Å². The smallest absolute Gasteiger partial charge is 0.251 e. The summed E-state index contributed by atoms with van der Waals surface area (Å²) in [5.41, 5.74) is 5.76. The van der Waals surface area contributed by atoms with Gasteiger partial charge in [-0.15, -0.1) is 11.3 Å². The molecule has 6 nitrogen and oxygen atoms in total. The summed E-state index contributed by atoms with van der Waals surface area (Å²) in [4.78, 5) is 24.8. The molecule has 1 aliphatic heterocycles. The number of nitrogens with one attached hydrogen (secondary N) is 1. The lowest BCUT2D eigenvalue weighted by molar-refractivity contribution is -0.135. The van der Waals surface area contributed by atoms with Gasteiger partial charge in [0.25, 0.3) is 5.91 Å². The van der Waals surface area contributed by atoms with Crippen LogP contribution >= 0.6 is 11.3 Å². The number of fused-ring (bicyclic) bond motifs is 1. The first-order valence-corrected chi connectivity index (χ1v) is 8.38. The van der Waals surface area contributed by atoms with Crippen LogP contribution in [0.1, 0.15) is 61.8 Å². The van der Waals surface area contributed by atoms with E-state index in [1.807, 2.05) is 27.7 Å². The van der Waals surface area contributed by atoms with Gasteiger partial charge in [0.1, 0.15) is 5.00 Å². The second-order valence-corrected chi connectivity index (χ2v) is 8.15. The number of anilines is 1. The number of aliphatic hydroxyl groups excluding tert-OH is 1. The van der Waals surface area contributed by atoms with E-state index in [0.717, 1.165) is 10.4 Å². The van der Waals surface area contributed by atoms with E-state index in [-0.39, 0.29) is 12.3 Å². The van der Waals surface area contributed by atoms with Crippen LogP contribution in [-0.2, 0) is 21.6 Å². The van der Waals surface area contributed by atoms with E-state index in [4.69, 9.17) is 10.5 Å². The molecular weight excluding hydrogens is 316 g/mol. The Morgan fingerprint density at radius 1 is 1.39 bits per heavy atom. The van der Waals surface area contributed by atoms with Gasteiger partial charge in [-0.25, -0.2) is 0 Å². The molecule has 0 fully saturated rings. The molecule has 0 bridgehead atoms. The minimum absolute atomic E-state index is 0.0356. The Morgan fingerprint density at radius 2 is 2.00 bits per heavy atom. The summed E-state index contributed by atoms with van der Waals surface area (Å²) in [6.45, 7) is 9.34. The second-order valence-electron chi connectivity index (χ2n) is 7.13. The minimum atomic E-state index is -0.750. The van der Waals surface area contributed by atoms with Gasteiger partial charge < -0.3 is 20.9 Å². The number of primary amides is 1. The average Bonchev–Trinajstić information content (AvgIpc) is 2.63. The maximum atomic E-state index is 12.0. The summed E-state index contributed by atoms with van der Waals surface area (Å²) in [7, 11) is 0. The van der Waals surface area contributed by atoms with Crippen molar-refractivity contribution in [1.29, 1.82) is 0 Å². The zero-order valence-electron chi connectivity index (χ0n) is 14.1. The van der Waals surface area contributed by atoms with Gasteiger partial charge in [-0.2, -0.15) is 0 Å². The quantitative estimate of drug-likeness (QED) is 0.781. The Labute approximate surface area is 140 Å². The number of carbonyl (C=O) groups is 2. The van der Waals surface area contributed by atoms with Crippen molar-refractivity contribution in [1.82, 2.24) is 0 Å². The Kier molecular flexibility index (Phi) is 4.58. The number of hydrogen-bond acceptors (Lipinski definition) is 5. The number of aliphatic hydroxyl groups is 1. The normalized spacial score (nSPS) is 19.7. The lowest BCUT2D eigenvalue weighted by Gasteiger charge is -2.41. The zero-order chi connectivity index (χ0) is 17.6. The molecule has 0 saturated heterocycles. The van der Waals surface area contributed by atoms with Crippen molar-refractivity contribution in [2.75, 3.05) is 5.32 Å². The van der Waals surface area contributed by atoms with Crippen LogP contribution in [0.15, 0.2) is 0 Å². The third-order valence-corrected chi connectivity index (χ3v) is 5.12. The van der Waals surface area contributed by atoms with Gasteiger partial charge in [-0.05, 0) is 40.2 Å². The van der Waals surface area contributed by atoms with Crippen LogP contribution in [0.2, 0.25) is 0 Å². The Balaban J connectivity index is 2.48. The van der Waals surface area contributed by atoms with Gasteiger partial charge in [-0.1, -0.05) is 0 Å². The summed E-state index contributed by atoms with van der Waals surface area (Å²) < 4.78 is 6.11. The molecule has 128 valence electrons. The number of rotatable bonds is 4. The highest BCUT2D eigenvalue weighted by Crippen LogP contribution is 2.48. The third kappa shape index (κ3) is 3.73. The number of carbonyl (C=O) groups excluding carboxylic acids is 2. The number of ether oxygens (including phenoxy) is 1. The topological polar surface area (TPSA) is 102 Å². The number of thiophene rings is 1. The maximum absolute atomic E-state index is 12.0. The lowest BCUT2D eigenvalue weighted by Crippen LogP contribution is -2.42. The lowest BCUT2D eigenvalue weighted by atomic mass is 9.86. The van der Waals surface area contributed by atoms with Crippen LogP contribution in [0.4, 0.5) is 5.00 Å². The predicted molar refractivity (Wildman–Crippen MR) is 89.7 cm³/mol. The average molecular weight is 340 g/mol. The fraction of sp³-hybridized carbons (Fsp3) is 0.625. The first kappa shape index (κ1) is 17.9. The molecule has 0 aliphatic carbocycles. The predicted octanol–water partition coefficient (Wildman–Crippen LogP) is 2.14. The van der Waals surface area contributed by atoms with Gasteiger partial charge in [-0.3, -0.25) is 9.59 Å². The van der Waals surface area contributed by atoms with E-state index in [1.54, 1.807) is 0 Å². The molecule has 23 heavy (non-hydrogen) atoms. The third-order valence-electron chi connectivity index (χ3n) is 3.67. The molecule has 4 N–H and O–H groups in total. The van der Waals surface area contributed by atoms with Crippen molar-refractivity contribution >= 4 is 28.2 Å². The standard InChI is InChI=1S/C16H24N2O4S/c1-8(19)6-10(20)18-14-11(13(17)21)9-7-15(2,3)22-16(4,5)12(9)23-14/h8,19H,6-7H2,1-5H3,(H2,17,21)(H,18,20). The van der Waals surface area contributed by atoms with Crippen LogP contribution in [0.3, 0.4) is 0 Å². The Morgan fingerprint density at radius 3 is 2.52 bits per heavy atom. The van der Waals surface area contributed by atoms with Gasteiger partial charge in [0.05, 0.1) is 29.3 Å². The highest BCUT2D eigenvalue weighted by molar-refractivity contribution is 7.17. The molecule has 1 aliphatic rings. The van der Waals surface area contributed by atoms with Crippen LogP contribution in [0, 0.1) is 0 Å². The van der Waals surface area contributed by atoms with Gasteiger partial charge >= 0.3 is 0 Å². The second kappa shape index (κ2) is 5.89. The molecule has 1 aromatic heterocycles. The molecular formula is C16H24N2O4S. The van der Waals surface area contributed by atoms with Gasteiger partial charge in [0.2, 0.25) is 5.91 Å². The van der Waals surface area contributed by atoms with E-state index in [9.17, 15) is 14.7 Å².